The third kappa shape index (κ3) is 3.96. The maximum Gasteiger partial charge on any atom is 0.169 e. The zero-order valence-corrected chi connectivity index (χ0v) is 17.8. The van der Waals surface area contributed by atoms with Gasteiger partial charge in [0.15, 0.2) is 5.82 Å². The Morgan fingerprint density at radius 2 is 2.03 bits per heavy atom. The van der Waals surface area contributed by atoms with E-state index in [1.54, 1.807) is 17.4 Å². The third-order valence-corrected chi connectivity index (χ3v) is 6.60. The summed E-state index contributed by atoms with van der Waals surface area (Å²) in [7, 11) is 0. The summed E-state index contributed by atoms with van der Waals surface area (Å²) in [6.45, 7) is 2.51. The number of hydrogen-bond acceptors (Lipinski definition) is 5. The van der Waals surface area contributed by atoms with Crippen molar-refractivity contribution in [1.29, 1.82) is 0 Å². The number of nitrogens with zero attached hydrogens (tertiary/aromatic N) is 3. The molecule has 7 heteroatoms. The van der Waals surface area contributed by atoms with Crippen LogP contribution in [0.1, 0.15) is 17.0 Å². The van der Waals surface area contributed by atoms with Gasteiger partial charge in [-0.15, -0.1) is 11.3 Å². The first-order valence-corrected chi connectivity index (χ1v) is 10.9. The molecule has 4 nitrogen and oxygen atoms in total. The quantitative estimate of drug-likeness (QED) is 0.370. The Labute approximate surface area is 182 Å². The number of thiophene rings is 1. The number of furan rings is 1. The highest BCUT2D eigenvalue weighted by Gasteiger charge is 2.20. The molecule has 0 saturated carbocycles. The van der Waals surface area contributed by atoms with Crippen molar-refractivity contribution in [3.63, 3.8) is 0 Å². The number of halogens is 2. The molecule has 0 amide bonds. The van der Waals surface area contributed by atoms with E-state index in [-0.39, 0.29) is 0 Å². The second-order valence-electron chi connectivity index (χ2n) is 7.00. The molecular formula is C22H17Cl2N3OS. The minimum atomic E-state index is 0.525. The SMILES string of the molecule is Clc1ccc(-c2ccc(CN3CCc4nc(-c5cccs5)ncc4C3)o2)cc1Cl. The summed E-state index contributed by atoms with van der Waals surface area (Å²) in [5.74, 6) is 2.54. The van der Waals surface area contributed by atoms with Gasteiger partial charge in [-0.1, -0.05) is 29.3 Å². The van der Waals surface area contributed by atoms with Crippen molar-refractivity contribution in [3.8, 4) is 22.0 Å². The summed E-state index contributed by atoms with van der Waals surface area (Å²) in [4.78, 5) is 12.8. The molecule has 0 N–H and O–H groups in total. The van der Waals surface area contributed by atoms with Crippen molar-refractivity contribution in [3.05, 3.63) is 81.1 Å². The van der Waals surface area contributed by atoms with Crippen LogP contribution in [-0.2, 0) is 19.5 Å². The zero-order valence-electron chi connectivity index (χ0n) is 15.4. The van der Waals surface area contributed by atoms with Crippen LogP contribution in [0.4, 0.5) is 0 Å². The Hall–Kier alpha value is -2.18. The number of rotatable bonds is 4. The minimum Gasteiger partial charge on any atom is -0.460 e. The molecule has 0 unspecified atom stereocenters. The van der Waals surface area contributed by atoms with Crippen molar-refractivity contribution >= 4 is 34.5 Å². The van der Waals surface area contributed by atoms with E-state index in [0.717, 1.165) is 59.5 Å². The van der Waals surface area contributed by atoms with Crippen molar-refractivity contribution in [2.45, 2.75) is 19.5 Å². The largest absolute Gasteiger partial charge is 0.460 e. The van der Waals surface area contributed by atoms with Crippen LogP contribution >= 0.6 is 34.5 Å². The predicted octanol–water partition coefficient (Wildman–Crippen LogP) is 6.33. The van der Waals surface area contributed by atoms with E-state index in [1.807, 2.05) is 36.5 Å². The van der Waals surface area contributed by atoms with Crippen LogP contribution < -0.4 is 0 Å². The molecule has 0 atom stereocenters. The Bertz CT molecular complexity index is 1160. The van der Waals surface area contributed by atoms with Gasteiger partial charge < -0.3 is 4.42 Å². The summed E-state index contributed by atoms with van der Waals surface area (Å²) in [5, 5.41) is 3.12. The van der Waals surface area contributed by atoms with Crippen LogP contribution in [0.3, 0.4) is 0 Å². The lowest BCUT2D eigenvalue weighted by Gasteiger charge is -2.27. The van der Waals surface area contributed by atoms with Crippen molar-refractivity contribution in [1.82, 2.24) is 14.9 Å². The fraction of sp³-hybridized carbons (Fsp3) is 0.182. The average molecular weight is 442 g/mol. The van der Waals surface area contributed by atoms with Crippen LogP contribution in [0.2, 0.25) is 10.0 Å². The summed E-state index contributed by atoms with van der Waals surface area (Å²) >= 11 is 13.8. The Morgan fingerprint density at radius 3 is 2.86 bits per heavy atom. The molecule has 0 saturated heterocycles. The van der Waals surface area contributed by atoms with Gasteiger partial charge in [0, 0.05) is 36.8 Å². The van der Waals surface area contributed by atoms with Crippen LogP contribution in [0.5, 0.6) is 0 Å². The fourth-order valence-corrected chi connectivity index (χ4v) is 4.48. The first kappa shape index (κ1) is 18.8. The van der Waals surface area contributed by atoms with Crippen molar-refractivity contribution in [2.75, 3.05) is 6.54 Å². The minimum absolute atomic E-state index is 0.525. The second kappa shape index (κ2) is 7.92. The van der Waals surface area contributed by atoms with Gasteiger partial charge in [0.05, 0.1) is 27.2 Å². The number of benzene rings is 1. The van der Waals surface area contributed by atoms with Gasteiger partial charge in [0.25, 0.3) is 0 Å². The van der Waals surface area contributed by atoms with Crippen LogP contribution in [0.15, 0.2) is 58.5 Å². The van der Waals surface area contributed by atoms with Gasteiger partial charge in [-0.3, -0.25) is 4.90 Å². The standard InChI is InChI=1S/C22H17Cl2N3OS/c23-17-5-3-14(10-18(17)24)20-6-4-16(28-20)13-27-8-7-19-15(12-27)11-25-22(26-19)21-2-1-9-29-21/h1-6,9-11H,7-8,12-13H2. The number of fused-ring (bicyclic) bond motifs is 1. The smallest absolute Gasteiger partial charge is 0.169 e. The lowest BCUT2D eigenvalue weighted by atomic mass is 10.1. The van der Waals surface area contributed by atoms with E-state index >= 15 is 0 Å². The highest BCUT2D eigenvalue weighted by atomic mass is 35.5. The predicted molar refractivity (Wildman–Crippen MR) is 117 cm³/mol. The van der Waals surface area contributed by atoms with Gasteiger partial charge in [-0.2, -0.15) is 0 Å². The Balaban J connectivity index is 1.29. The van der Waals surface area contributed by atoms with Gasteiger partial charge in [-0.25, -0.2) is 9.97 Å². The molecule has 0 bridgehead atoms. The topological polar surface area (TPSA) is 42.2 Å². The lowest BCUT2D eigenvalue weighted by Crippen LogP contribution is -2.30. The summed E-state index contributed by atoms with van der Waals surface area (Å²) in [6, 6.07) is 13.6. The molecule has 0 radical (unpaired) electrons. The van der Waals surface area contributed by atoms with Gasteiger partial charge in [0.1, 0.15) is 11.5 Å². The molecule has 1 aliphatic heterocycles. The van der Waals surface area contributed by atoms with Crippen LogP contribution in [0, 0.1) is 0 Å². The summed E-state index contributed by atoms with van der Waals surface area (Å²) in [5.41, 5.74) is 3.26. The normalized spacial score (nSPS) is 14.1. The van der Waals surface area contributed by atoms with E-state index in [2.05, 4.69) is 21.3 Å². The summed E-state index contributed by atoms with van der Waals surface area (Å²) in [6.07, 6.45) is 2.88. The maximum atomic E-state index is 6.12. The summed E-state index contributed by atoms with van der Waals surface area (Å²) < 4.78 is 6.05. The molecule has 29 heavy (non-hydrogen) atoms. The molecule has 5 rings (SSSR count). The molecule has 4 aromatic rings. The highest BCUT2D eigenvalue weighted by Crippen LogP contribution is 2.30. The van der Waals surface area contributed by atoms with Crippen LogP contribution in [-0.4, -0.2) is 21.4 Å². The second-order valence-corrected chi connectivity index (χ2v) is 8.76. The molecule has 1 aliphatic rings. The Kier molecular flexibility index (Phi) is 5.14. The highest BCUT2D eigenvalue weighted by molar-refractivity contribution is 7.13. The maximum absolute atomic E-state index is 6.12. The molecule has 1 aromatic carbocycles. The van der Waals surface area contributed by atoms with E-state index in [4.69, 9.17) is 32.6 Å². The molecule has 0 fully saturated rings. The third-order valence-electron chi connectivity index (χ3n) is 5.00. The fourth-order valence-electron chi connectivity index (χ4n) is 3.52. The number of hydrogen-bond donors (Lipinski definition) is 0. The van der Waals surface area contributed by atoms with E-state index in [1.165, 1.54) is 5.56 Å². The lowest BCUT2D eigenvalue weighted by molar-refractivity contribution is 0.224. The molecule has 146 valence electrons. The monoisotopic (exact) mass is 441 g/mol. The van der Waals surface area contributed by atoms with Crippen LogP contribution in [0.25, 0.3) is 22.0 Å². The van der Waals surface area contributed by atoms with E-state index < -0.39 is 0 Å². The molecular weight excluding hydrogens is 425 g/mol. The molecule has 0 spiro atoms. The first-order chi connectivity index (χ1) is 14.2. The zero-order chi connectivity index (χ0) is 19.8. The average Bonchev–Trinajstić information content (AvgIpc) is 3.42. The van der Waals surface area contributed by atoms with Gasteiger partial charge in [0.2, 0.25) is 0 Å². The van der Waals surface area contributed by atoms with Crippen molar-refractivity contribution in [2.24, 2.45) is 0 Å². The van der Waals surface area contributed by atoms with E-state index in [0.29, 0.717) is 10.0 Å². The first-order valence-electron chi connectivity index (χ1n) is 9.31. The molecule has 4 heterocycles. The van der Waals surface area contributed by atoms with Crippen molar-refractivity contribution < 1.29 is 4.42 Å². The van der Waals surface area contributed by atoms with E-state index in [9.17, 15) is 0 Å². The Morgan fingerprint density at radius 1 is 1.10 bits per heavy atom. The molecule has 0 aliphatic carbocycles. The van der Waals surface area contributed by atoms with Gasteiger partial charge in [-0.05, 0) is 41.8 Å². The number of aromatic nitrogens is 2. The molecule has 3 aromatic heterocycles. The van der Waals surface area contributed by atoms with Gasteiger partial charge >= 0.3 is 0 Å².